The number of hydrogen-bond acceptors (Lipinski definition) is 1. The Bertz CT molecular complexity index is 225. The first-order chi connectivity index (χ1) is 6.37. The van der Waals surface area contributed by atoms with E-state index in [1.807, 2.05) is 20.8 Å². The van der Waals surface area contributed by atoms with E-state index in [0.717, 1.165) is 13.8 Å². The minimum atomic E-state index is -4.39. The zero-order valence-corrected chi connectivity index (χ0v) is 10.2. The predicted molar refractivity (Wildman–Crippen MR) is 47.6 cm³/mol. The topological polar surface area (TPSA) is 13.6 Å². The van der Waals surface area contributed by atoms with Gasteiger partial charge < -0.3 is 4.85 Å². The predicted octanol–water partition coefficient (Wildman–Crippen LogP) is 3.51. The van der Waals surface area contributed by atoms with Gasteiger partial charge in [-0.3, -0.25) is 0 Å². The summed E-state index contributed by atoms with van der Waals surface area (Å²) in [5.41, 5.74) is -2.38. The second-order valence-electron chi connectivity index (χ2n) is 4.35. The molecule has 0 saturated carbocycles. The molecule has 0 N–H and O–H groups in total. The molecule has 0 unspecified atom stereocenters. The van der Waals surface area contributed by atoms with Gasteiger partial charge >= 0.3 is 59.0 Å². The Morgan fingerprint density at radius 3 is 1.33 bits per heavy atom. The van der Waals surface area contributed by atoms with Crippen LogP contribution in [0, 0.1) is 6.57 Å². The van der Waals surface area contributed by atoms with Gasteiger partial charge in [-0.15, -0.1) is 0 Å². The van der Waals surface area contributed by atoms with E-state index in [-0.39, 0.29) is 5.54 Å². The second kappa shape index (κ2) is 5.74. The van der Waals surface area contributed by atoms with Crippen LogP contribution in [0.2, 0.25) is 0 Å². The molecule has 6 heteroatoms. The molecule has 0 aromatic rings. The fourth-order valence-corrected chi connectivity index (χ4v) is 0.144. The fourth-order valence-electron chi connectivity index (χ4n) is 0.0349. The molecule has 0 atom stereocenters. The summed E-state index contributed by atoms with van der Waals surface area (Å²) < 4.78 is 38.7. The molecule has 0 spiro atoms. The maximum absolute atomic E-state index is 11.6. The van der Waals surface area contributed by atoms with Gasteiger partial charge in [-0.25, -0.2) is 6.57 Å². The van der Waals surface area contributed by atoms with Crippen molar-refractivity contribution in [2.45, 2.75) is 51.9 Å². The van der Waals surface area contributed by atoms with Crippen molar-refractivity contribution in [1.82, 2.24) is 0 Å². The third kappa shape index (κ3) is 8.73. The molecule has 0 amide bonds. The average Bonchev–Trinajstić information content (AvgIpc) is 2.02. The molecular weight excluding hydrogens is 259 g/mol. The molecule has 2 nitrogen and oxygen atoms in total. The van der Waals surface area contributed by atoms with Crippen LogP contribution in [0.15, 0.2) is 0 Å². The van der Waals surface area contributed by atoms with Crippen LogP contribution in [0.5, 0.6) is 0 Å². The smallest absolute Gasteiger partial charge is 0.224 e. The first-order valence-corrected chi connectivity index (χ1v) is 4.48. The van der Waals surface area contributed by atoms with Crippen LogP contribution in [0.25, 0.3) is 4.85 Å². The van der Waals surface area contributed by atoms with Crippen molar-refractivity contribution in [1.29, 1.82) is 0 Å². The van der Waals surface area contributed by atoms with Crippen LogP contribution in [0.4, 0.5) is 13.2 Å². The second-order valence-corrected chi connectivity index (χ2v) is 4.54. The molecular formula is C9H15CuF3NO. The Labute approximate surface area is 97.1 Å². The van der Waals surface area contributed by atoms with Crippen molar-refractivity contribution in [3.8, 4) is 0 Å². The van der Waals surface area contributed by atoms with Crippen LogP contribution in [0.3, 0.4) is 0 Å². The van der Waals surface area contributed by atoms with Crippen LogP contribution in [-0.4, -0.2) is 17.3 Å². The zero-order chi connectivity index (χ0) is 12.9. The van der Waals surface area contributed by atoms with Crippen molar-refractivity contribution in [3.63, 3.8) is 0 Å². The molecule has 0 saturated heterocycles. The molecule has 0 radical (unpaired) electrons. The molecule has 0 aromatic carbocycles. The van der Waals surface area contributed by atoms with Crippen molar-refractivity contribution < 1.29 is 33.3 Å². The van der Waals surface area contributed by atoms with E-state index in [1.165, 1.54) is 0 Å². The van der Waals surface area contributed by atoms with Gasteiger partial charge in [-0.2, -0.15) is 0 Å². The summed E-state index contributed by atoms with van der Waals surface area (Å²) >= 11 is 3.96. The third-order valence-electron chi connectivity index (χ3n) is 1.17. The van der Waals surface area contributed by atoms with Crippen molar-refractivity contribution in [3.05, 3.63) is 11.4 Å². The van der Waals surface area contributed by atoms with Gasteiger partial charge in [0, 0.05) is 20.8 Å². The van der Waals surface area contributed by atoms with E-state index in [1.54, 1.807) is 0 Å². The molecule has 0 bridgehead atoms. The zero-order valence-electron chi connectivity index (χ0n) is 9.29. The molecule has 0 rings (SSSR count). The molecule has 0 aliphatic carbocycles. The number of hydrogen-bond donors (Lipinski definition) is 0. The Morgan fingerprint density at radius 2 is 1.33 bits per heavy atom. The first-order valence-electron chi connectivity index (χ1n) is 4.09. The molecule has 15 heavy (non-hydrogen) atoms. The van der Waals surface area contributed by atoms with Gasteiger partial charge in [0.25, 0.3) is 0 Å². The van der Waals surface area contributed by atoms with Crippen LogP contribution in [-0.2, 0) is 20.2 Å². The van der Waals surface area contributed by atoms with Gasteiger partial charge in [0.05, 0.1) is 0 Å². The van der Waals surface area contributed by atoms with Gasteiger partial charge in [0.1, 0.15) is 0 Å². The maximum Gasteiger partial charge on any atom is 0.224 e. The quantitative estimate of drug-likeness (QED) is 0.527. The number of nitrogens with zero attached hydrogens (tertiary/aromatic N) is 1. The standard InChI is InChI=1S/C5H9N.C4H6F3O.Cu/c1-5(2,3)6-4;1-3(2,8)4(5,6)7;/h1-3H3;1-2H3;/q;-1;+1. The number of rotatable bonds is 1. The van der Waals surface area contributed by atoms with E-state index in [4.69, 9.17) is 6.57 Å². The van der Waals surface area contributed by atoms with Crippen molar-refractivity contribution in [2.75, 3.05) is 0 Å². The average molecular weight is 274 g/mol. The van der Waals surface area contributed by atoms with Crippen molar-refractivity contribution in [2.24, 2.45) is 0 Å². The molecule has 0 aliphatic heterocycles. The van der Waals surface area contributed by atoms with Gasteiger partial charge in [0.15, 0.2) is 0 Å². The fraction of sp³-hybridized carbons (Fsp3) is 0.889. The molecule has 0 aromatic heterocycles. The minimum Gasteiger partial charge on any atom is -0.311 e. The van der Waals surface area contributed by atoms with E-state index in [0.29, 0.717) is 0 Å². The maximum atomic E-state index is 11.6. The van der Waals surface area contributed by atoms with E-state index in [9.17, 15) is 13.2 Å². The van der Waals surface area contributed by atoms with Gasteiger partial charge in [-0.1, -0.05) is 0 Å². The monoisotopic (exact) mass is 273 g/mol. The summed E-state index contributed by atoms with van der Waals surface area (Å²) in [5, 5.41) is 0. The summed E-state index contributed by atoms with van der Waals surface area (Å²) in [6.45, 7) is 13.9. The van der Waals surface area contributed by atoms with Crippen LogP contribution < -0.4 is 0 Å². The van der Waals surface area contributed by atoms with Crippen LogP contribution in [0.1, 0.15) is 34.6 Å². The summed E-state index contributed by atoms with van der Waals surface area (Å²) in [6, 6.07) is 0. The Balaban J connectivity index is 0. The molecule has 0 heterocycles. The largest absolute Gasteiger partial charge is 0.311 e. The van der Waals surface area contributed by atoms with Gasteiger partial charge in [-0.05, 0) is 0 Å². The van der Waals surface area contributed by atoms with E-state index < -0.39 is 11.8 Å². The third-order valence-corrected chi connectivity index (χ3v) is 1.65. The number of alkyl halides is 3. The Morgan fingerprint density at radius 1 is 1.07 bits per heavy atom. The minimum absolute atomic E-state index is 0.167. The van der Waals surface area contributed by atoms with E-state index >= 15 is 0 Å². The normalized spacial score (nSPS) is 12.6. The molecule has 94 valence electrons. The van der Waals surface area contributed by atoms with Crippen LogP contribution >= 0.6 is 0 Å². The van der Waals surface area contributed by atoms with Gasteiger partial charge in [0.2, 0.25) is 5.54 Å². The number of halogens is 3. The summed E-state index contributed by atoms with van der Waals surface area (Å²) in [5.74, 6) is 0. The summed E-state index contributed by atoms with van der Waals surface area (Å²) in [4.78, 5) is 3.27. The molecule has 0 fully saturated rings. The Hall–Kier alpha value is -0.241. The summed E-state index contributed by atoms with van der Waals surface area (Å²) in [7, 11) is 0. The summed E-state index contributed by atoms with van der Waals surface area (Å²) in [6.07, 6.45) is -4.39. The SMILES string of the molecule is CC(C)([O][Cu])C(F)(F)F.[C-]#[N+]C(C)(C)C. The first kappa shape index (κ1) is 17.2. The van der Waals surface area contributed by atoms with E-state index in [2.05, 4.69) is 25.0 Å². The molecule has 0 aliphatic rings. The Kier molecular flexibility index (Phi) is 6.57. The van der Waals surface area contributed by atoms with Crippen molar-refractivity contribution >= 4 is 0 Å².